The van der Waals surface area contributed by atoms with Crippen molar-refractivity contribution in [1.82, 2.24) is 4.98 Å². The minimum absolute atomic E-state index is 0.769. The summed E-state index contributed by atoms with van der Waals surface area (Å²) in [6.45, 7) is 9.24. The molecule has 0 radical (unpaired) electrons. The Balaban J connectivity index is 2.13. The highest BCUT2D eigenvalue weighted by atomic mass is 14.9. The molecule has 1 N–H and O–H groups in total. The number of benzene rings is 1. The number of nitrogens with zero attached hydrogens (tertiary/aromatic N) is 1. The molecule has 1 aromatic heterocycles. The predicted molar refractivity (Wildman–Crippen MR) is 77.0 cm³/mol. The summed E-state index contributed by atoms with van der Waals surface area (Å²) < 4.78 is 0. The summed E-state index contributed by atoms with van der Waals surface area (Å²) in [6, 6.07) is 8.58. The number of hydrogen-bond acceptors (Lipinski definition) is 2. The summed E-state index contributed by atoms with van der Waals surface area (Å²) in [7, 11) is 0. The van der Waals surface area contributed by atoms with Gasteiger partial charge in [-0.1, -0.05) is 23.8 Å². The number of aryl methyl sites for hydroxylation is 4. The Bertz CT molecular complexity index is 519. The van der Waals surface area contributed by atoms with Gasteiger partial charge >= 0.3 is 0 Å². The van der Waals surface area contributed by atoms with E-state index in [2.05, 4.69) is 62.3 Å². The van der Waals surface area contributed by atoms with E-state index in [0.717, 1.165) is 12.2 Å². The van der Waals surface area contributed by atoms with E-state index >= 15 is 0 Å². The molecule has 0 spiro atoms. The Kier molecular flexibility index (Phi) is 3.66. The van der Waals surface area contributed by atoms with Crippen LogP contribution in [0.25, 0.3) is 0 Å². The molecule has 18 heavy (non-hydrogen) atoms. The van der Waals surface area contributed by atoms with Crippen molar-refractivity contribution in [3.05, 3.63) is 58.4 Å². The van der Waals surface area contributed by atoms with E-state index in [1.807, 2.05) is 6.20 Å². The molecule has 0 aliphatic rings. The van der Waals surface area contributed by atoms with Crippen molar-refractivity contribution in [3.63, 3.8) is 0 Å². The van der Waals surface area contributed by atoms with E-state index in [0.29, 0.717) is 0 Å². The Morgan fingerprint density at radius 3 is 2.17 bits per heavy atom. The molecular formula is C16H20N2. The molecule has 0 atom stereocenters. The van der Waals surface area contributed by atoms with Crippen LogP contribution in [0, 0.1) is 27.7 Å². The van der Waals surface area contributed by atoms with Crippen molar-refractivity contribution in [2.75, 3.05) is 5.32 Å². The normalized spacial score (nSPS) is 10.4. The Labute approximate surface area is 109 Å². The van der Waals surface area contributed by atoms with E-state index in [9.17, 15) is 0 Å². The van der Waals surface area contributed by atoms with Gasteiger partial charge in [-0.05, 0) is 50.5 Å². The molecular weight excluding hydrogens is 220 g/mol. The second-order valence-electron chi connectivity index (χ2n) is 4.95. The molecule has 0 bridgehead atoms. The maximum Gasteiger partial charge on any atom is 0.0594 e. The molecule has 0 fully saturated rings. The lowest BCUT2D eigenvalue weighted by Gasteiger charge is -2.13. The lowest BCUT2D eigenvalue weighted by Crippen LogP contribution is -2.04. The van der Waals surface area contributed by atoms with Gasteiger partial charge in [0.15, 0.2) is 0 Å². The van der Waals surface area contributed by atoms with Crippen molar-refractivity contribution in [2.45, 2.75) is 34.2 Å². The average Bonchev–Trinajstić information content (AvgIpc) is 2.30. The van der Waals surface area contributed by atoms with Crippen LogP contribution in [0.2, 0.25) is 0 Å². The first-order chi connectivity index (χ1) is 8.56. The molecule has 0 unspecified atom stereocenters. The minimum atomic E-state index is 0.769. The summed E-state index contributed by atoms with van der Waals surface area (Å²) in [5.74, 6) is 0. The van der Waals surface area contributed by atoms with E-state index < -0.39 is 0 Å². The van der Waals surface area contributed by atoms with Crippen molar-refractivity contribution in [1.29, 1.82) is 0 Å². The summed E-state index contributed by atoms with van der Waals surface area (Å²) in [5.41, 5.74) is 7.38. The average molecular weight is 240 g/mol. The van der Waals surface area contributed by atoms with Gasteiger partial charge in [-0.15, -0.1) is 0 Å². The summed E-state index contributed by atoms with van der Waals surface area (Å²) >= 11 is 0. The van der Waals surface area contributed by atoms with E-state index in [-0.39, 0.29) is 0 Å². The zero-order valence-electron chi connectivity index (χ0n) is 11.5. The first-order valence-corrected chi connectivity index (χ1v) is 6.29. The van der Waals surface area contributed by atoms with Crippen molar-refractivity contribution < 1.29 is 0 Å². The first-order valence-electron chi connectivity index (χ1n) is 6.29. The Morgan fingerprint density at radius 1 is 0.944 bits per heavy atom. The maximum absolute atomic E-state index is 4.41. The zero-order valence-corrected chi connectivity index (χ0v) is 11.5. The minimum Gasteiger partial charge on any atom is -0.379 e. The highest BCUT2D eigenvalue weighted by Crippen LogP contribution is 2.22. The van der Waals surface area contributed by atoms with E-state index in [1.165, 1.54) is 27.9 Å². The number of rotatable bonds is 3. The molecule has 0 aliphatic carbocycles. The van der Waals surface area contributed by atoms with Crippen LogP contribution in [0.4, 0.5) is 5.69 Å². The molecule has 94 valence electrons. The van der Waals surface area contributed by atoms with Crippen LogP contribution < -0.4 is 5.32 Å². The van der Waals surface area contributed by atoms with Crippen molar-refractivity contribution in [2.24, 2.45) is 0 Å². The van der Waals surface area contributed by atoms with Crippen molar-refractivity contribution >= 4 is 5.69 Å². The van der Waals surface area contributed by atoms with Gasteiger partial charge in [0.05, 0.1) is 12.2 Å². The summed E-state index contributed by atoms with van der Waals surface area (Å²) in [5, 5.41) is 3.48. The van der Waals surface area contributed by atoms with Crippen LogP contribution in [-0.2, 0) is 6.54 Å². The van der Waals surface area contributed by atoms with Gasteiger partial charge in [0.25, 0.3) is 0 Å². The third-order valence-corrected chi connectivity index (χ3v) is 3.10. The quantitative estimate of drug-likeness (QED) is 0.879. The van der Waals surface area contributed by atoms with Crippen LogP contribution in [0.1, 0.15) is 27.9 Å². The zero-order chi connectivity index (χ0) is 13.1. The van der Waals surface area contributed by atoms with Gasteiger partial charge in [0.2, 0.25) is 0 Å². The molecule has 0 saturated carbocycles. The molecule has 2 heteroatoms. The number of aromatic nitrogens is 1. The number of pyridine rings is 1. The molecule has 0 saturated heterocycles. The second kappa shape index (κ2) is 5.21. The fourth-order valence-electron chi connectivity index (χ4n) is 2.24. The van der Waals surface area contributed by atoms with Crippen LogP contribution in [0.3, 0.4) is 0 Å². The first kappa shape index (κ1) is 12.6. The Morgan fingerprint density at radius 2 is 1.61 bits per heavy atom. The highest BCUT2D eigenvalue weighted by molar-refractivity contribution is 5.58. The van der Waals surface area contributed by atoms with Crippen LogP contribution in [0.15, 0.2) is 30.5 Å². The lowest BCUT2D eigenvalue weighted by molar-refractivity contribution is 1.03. The van der Waals surface area contributed by atoms with Gasteiger partial charge in [-0.25, -0.2) is 0 Å². The molecule has 0 aliphatic heterocycles. The molecule has 1 aromatic carbocycles. The fraction of sp³-hybridized carbons (Fsp3) is 0.312. The largest absolute Gasteiger partial charge is 0.379 e. The van der Waals surface area contributed by atoms with Crippen LogP contribution >= 0.6 is 0 Å². The second-order valence-corrected chi connectivity index (χ2v) is 4.95. The van der Waals surface area contributed by atoms with Gasteiger partial charge in [0, 0.05) is 11.9 Å². The van der Waals surface area contributed by atoms with Gasteiger partial charge in [0.1, 0.15) is 0 Å². The molecule has 1 heterocycles. The van der Waals surface area contributed by atoms with Gasteiger partial charge in [-0.2, -0.15) is 0 Å². The highest BCUT2D eigenvalue weighted by Gasteiger charge is 2.03. The predicted octanol–water partition coefficient (Wildman–Crippen LogP) is 3.93. The summed E-state index contributed by atoms with van der Waals surface area (Å²) in [4.78, 5) is 4.41. The van der Waals surface area contributed by atoms with Crippen LogP contribution in [0.5, 0.6) is 0 Å². The SMILES string of the molecule is Cc1ccc(CNc2c(C)cc(C)cc2C)nc1. The molecule has 2 nitrogen and oxygen atoms in total. The third kappa shape index (κ3) is 2.89. The molecule has 2 aromatic rings. The number of nitrogens with one attached hydrogen (secondary N) is 1. The van der Waals surface area contributed by atoms with Crippen molar-refractivity contribution in [3.8, 4) is 0 Å². The maximum atomic E-state index is 4.41. The summed E-state index contributed by atoms with van der Waals surface area (Å²) in [6.07, 6.45) is 1.91. The number of anilines is 1. The Hall–Kier alpha value is -1.83. The van der Waals surface area contributed by atoms with E-state index in [1.54, 1.807) is 0 Å². The fourth-order valence-corrected chi connectivity index (χ4v) is 2.24. The van der Waals surface area contributed by atoms with Gasteiger partial charge < -0.3 is 5.32 Å². The van der Waals surface area contributed by atoms with Gasteiger partial charge in [-0.3, -0.25) is 4.98 Å². The third-order valence-electron chi connectivity index (χ3n) is 3.10. The lowest BCUT2D eigenvalue weighted by atomic mass is 10.1. The topological polar surface area (TPSA) is 24.9 Å². The number of hydrogen-bond donors (Lipinski definition) is 1. The standard InChI is InChI=1S/C16H20N2/c1-11-5-6-15(17-9-11)10-18-16-13(3)7-12(2)8-14(16)4/h5-9,18H,10H2,1-4H3. The van der Waals surface area contributed by atoms with E-state index in [4.69, 9.17) is 0 Å². The molecule has 0 amide bonds. The van der Waals surface area contributed by atoms with Crippen LogP contribution in [-0.4, -0.2) is 4.98 Å². The smallest absolute Gasteiger partial charge is 0.0594 e. The molecule has 2 rings (SSSR count). The monoisotopic (exact) mass is 240 g/mol.